The monoisotopic (exact) mass is 283 g/mol. The molecule has 0 aliphatic carbocycles. The maximum atomic E-state index is 6.21. The van der Waals surface area contributed by atoms with Gasteiger partial charge in [0.15, 0.2) is 0 Å². The van der Waals surface area contributed by atoms with Crippen LogP contribution < -0.4 is 5.73 Å². The third-order valence-electron chi connectivity index (χ3n) is 2.99. The number of rotatable bonds is 4. The second-order valence-corrected chi connectivity index (χ2v) is 4.98. The third kappa shape index (κ3) is 2.72. The Morgan fingerprint density at radius 1 is 1.22 bits per heavy atom. The lowest BCUT2D eigenvalue weighted by atomic mass is 9.99. The molecule has 1 heterocycles. The zero-order valence-electron chi connectivity index (χ0n) is 10.1. The van der Waals surface area contributed by atoms with E-state index >= 15 is 0 Å². The van der Waals surface area contributed by atoms with Crippen molar-refractivity contribution in [1.29, 1.82) is 0 Å². The van der Waals surface area contributed by atoms with Crippen LogP contribution in [0, 0.1) is 0 Å². The highest BCUT2D eigenvalue weighted by molar-refractivity contribution is 6.36. The molecule has 0 saturated carbocycles. The summed E-state index contributed by atoms with van der Waals surface area (Å²) in [6, 6.07) is 7.23. The standard InChI is InChI=1S/C14H15Cl2NO/c1-2-14-9(6-7-18-14)13(17)8-10-11(15)4-3-5-12(10)16/h3-7,13H,2,8,17H2,1H3. The molecular formula is C14H15Cl2NO. The Labute approximate surface area is 117 Å². The van der Waals surface area contributed by atoms with E-state index in [-0.39, 0.29) is 6.04 Å². The summed E-state index contributed by atoms with van der Waals surface area (Å²) < 4.78 is 5.39. The van der Waals surface area contributed by atoms with Gasteiger partial charge in [-0.25, -0.2) is 0 Å². The lowest BCUT2D eigenvalue weighted by Crippen LogP contribution is -2.14. The van der Waals surface area contributed by atoms with Crippen molar-refractivity contribution in [2.24, 2.45) is 5.73 Å². The molecule has 0 fully saturated rings. The minimum absolute atomic E-state index is 0.156. The van der Waals surface area contributed by atoms with Crippen LogP contribution in [0.2, 0.25) is 10.0 Å². The largest absolute Gasteiger partial charge is 0.469 e. The lowest BCUT2D eigenvalue weighted by molar-refractivity contribution is 0.505. The molecule has 2 aromatic rings. The minimum Gasteiger partial charge on any atom is -0.469 e. The first-order valence-electron chi connectivity index (χ1n) is 5.88. The molecule has 0 spiro atoms. The van der Waals surface area contributed by atoms with Crippen LogP contribution in [-0.4, -0.2) is 0 Å². The topological polar surface area (TPSA) is 39.2 Å². The molecule has 4 heteroatoms. The maximum absolute atomic E-state index is 6.21. The van der Waals surface area contributed by atoms with Crippen LogP contribution in [0.15, 0.2) is 34.9 Å². The highest BCUT2D eigenvalue weighted by Crippen LogP contribution is 2.29. The van der Waals surface area contributed by atoms with E-state index in [9.17, 15) is 0 Å². The zero-order valence-corrected chi connectivity index (χ0v) is 11.6. The van der Waals surface area contributed by atoms with E-state index < -0.39 is 0 Å². The fraction of sp³-hybridized carbons (Fsp3) is 0.286. The van der Waals surface area contributed by atoms with Crippen molar-refractivity contribution < 1.29 is 4.42 Å². The van der Waals surface area contributed by atoms with Gasteiger partial charge in [0.05, 0.1) is 6.26 Å². The van der Waals surface area contributed by atoms with Gasteiger partial charge in [0.1, 0.15) is 5.76 Å². The summed E-state index contributed by atoms with van der Waals surface area (Å²) in [7, 11) is 0. The number of benzene rings is 1. The number of hydrogen-bond acceptors (Lipinski definition) is 2. The summed E-state index contributed by atoms with van der Waals surface area (Å²) in [5.74, 6) is 0.922. The molecule has 2 N–H and O–H groups in total. The van der Waals surface area contributed by atoms with Crippen molar-refractivity contribution in [2.75, 3.05) is 0 Å². The first-order chi connectivity index (χ1) is 8.63. The quantitative estimate of drug-likeness (QED) is 0.904. The van der Waals surface area contributed by atoms with E-state index in [1.54, 1.807) is 6.26 Å². The minimum atomic E-state index is -0.156. The Balaban J connectivity index is 2.24. The van der Waals surface area contributed by atoms with Gasteiger partial charge >= 0.3 is 0 Å². The number of furan rings is 1. The second kappa shape index (κ2) is 5.79. The fourth-order valence-corrected chi connectivity index (χ4v) is 2.58. The van der Waals surface area contributed by atoms with Crippen molar-refractivity contribution in [2.45, 2.75) is 25.8 Å². The molecule has 0 saturated heterocycles. The predicted octanol–water partition coefficient (Wildman–Crippen LogP) is 4.39. The normalized spacial score (nSPS) is 12.7. The molecule has 1 aromatic heterocycles. The molecule has 1 unspecified atom stereocenters. The Bertz CT molecular complexity index is 516. The molecule has 1 atom stereocenters. The molecule has 2 rings (SSSR count). The van der Waals surface area contributed by atoms with Gasteiger partial charge in [-0.05, 0) is 30.2 Å². The van der Waals surface area contributed by atoms with Gasteiger partial charge in [-0.3, -0.25) is 0 Å². The highest BCUT2D eigenvalue weighted by Gasteiger charge is 2.16. The summed E-state index contributed by atoms with van der Waals surface area (Å²) in [4.78, 5) is 0. The van der Waals surface area contributed by atoms with E-state index in [2.05, 4.69) is 0 Å². The number of hydrogen-bond donors (Lipinski definition) is 1. The van der Waals surface area contributed by atoms with Gasteiger partial charge in [-0.1, -0.05) is 36.2 Å². The van der Waals surface area contributed by atoms with Crippen LogP contribution >= 0.6 is 23.2 Å². The smallest absolute Gasteiger partial charge is 0.108 e. The Hall–Kier alpha value is -0.960. The predicted molar refractivity (Wildman–Crippen MR) is 75.2 cm³/mol. The van der Waals surface area contributed by atoms with E-state index in [0.29, 0.717) is 16.5 Å². The Morgan fingerprint density at radius 2 is 1.89 bits per heavy atom. The van der Waals surface area contributed by atoms with Gasteiger partial charge in [0.25, 0.3) is 0 Å². The molecule has 0 radical (unpaired) electrons. The molecule has 96 valence electrons. The van der Waals surface area contributed by atoms with Crippen LogP contribution in [0.5, 0.6) is 0 Å². The van der Waals surface area contributed by atoms with Crippen molar-refractivity contribution in [3.05, 3.63) is 57.5 Å². The van der Waals surface area contributed by atoms with Crippen molar-refractivity contribution in [3.8, 4) is 0 Å². The van der Waals surface area contributed by atoms with Crippen LogP contribution in [-0.2, 0) is 12.8 Å². The summed E-state index contributed by atoms with van der Waals surface area (Å²) in [5.41, 5.74) is 8.12. The van der Waals surface area contributed by atoms with Gasteiger partial charge in [-0.2, -0.15) is 0 Å². The van der Waals surface area contributed by atoms with Crippen molar-refractivity contribution >= 4 is 23.2 Å². The average Bonchev–Trinajstić information content (AvgIpc) is 2.82. The highest BCUT2D eigenvalue weighted by atomic mass is 35.5. The van der Waals surface area contributed by atoms with E-state index in [1.807, 2.05) is 31.2 Å². The molecule has 1 aromatic carbocycles. The summed E-state index contributed by atoms with van der Waals surface area (Å²) in [6.07, 6.45) is 3.10. The van der Waals surface area contributed by atoms with Gasteiger partial charge in [0.2, 0.25) is 0 Å². The molecule has 18 heavy (non-hydrogen) atoms. The molecule has 0 amide bonds. The Morgan fingerprint density at radius 3 is 2.50 bits per heavy atom. The molecular weight excluding hydrogens is 269 g/mol. The van der Waals surface area contributed by atoms with Crippen LogP contribution in [0.3, 0.4) is 0 Å². The summed E-state index contributed by atoms with van der Waals surface area (Å²) >= 11 is 12.3. The average molecular weight is 284 g/mol. The lowest BCUT2D eigenvalue weighted by Gasteiger charge is -2.14. The molecule has 0 aliphatic rings. The van der Waals surface area contributed by atoms with Crippen molar-refractivity contribution in [1.82, 2.24) is 0 Å². The molecule has 0 aliphatic heterocycles. The van der Waals surface area contributed by atoms with Gasteiger partial charge < -0.3 is 10.2 Å². The zero-order chi connectivity index (χ0) is 13.1. The first-order valence-corrected chi connectivity index (χ1v) is 6.63. The van der Waals surface area contributed by atoms with Gasteiger partial charge in [-0.15, -0.1) is 0 Å². The Kier molecular flexibility index (Phi) is 4.33. The second-order valence-electron chi connectivity index (χ2n) is 4.16. The van der Waals surface area contributed by atoms with E-state index in [0.717, 1.165) is 23.3 Å². The number of aryl methyl sites for hydroxylation is 1. The molecule has 0 bridgehead atoms. The van der Waals surface area contributed by atoms with Crippen LogP contribution in [0.4, 0.5) is 0 Å². The van der Waals surface area contributed by atoms with E-state index in [4.69, 9.17) is 33.4 Å². The fourth-order valence-electron chi connectivity index (χ4n) is 2.03. The van der Waals surface area contributed by atoms with Crippen LogP contribution in [0.1, 0.15) is 29.9 Å². The van der Waals surface area contributed by atoms with Crippen LogP contribution in [0.25, 0.3) is 0 Å². The first kappa shape index (κ1) is 13.5. The van der Waals surface area contributed by atoms with Gasteiger partial charge in [0, 0.05) is 28.1 Å². The SMILES string of the molecule is CCc1occc1C(N)Cc1c(Cl)cccc1Cl. The number of halogens is 2. The summed E-state index contributed by atoms with van der Waals surface area (Å²) in [5, 5.41) is 1.30. The molecule has 2 nitrogen and oxygen atoms in total. The van der Waals surface area contributed by atoms with Crippen molar-refractivity contribution in [3.63, 3.8) is 0 Å². The number of nitrogens with two attached hydrogens (primary N) is 1. The summed E-state index contributed by atoms with van der Waals surface area (Å²) in [6.45, 7) is 2.04. The maximum Gasteiger partial charge on any atom is 0.108 e. The third-order valence-corrected chi connectivity index (χ3v) is 3.69. The van der Waals surface area contributed by atoms with E-state index in [1.165, 1.54) is 0 Å².